The molecule has 4 nitrogen and oxygen atoms in total. The Balaban J connectivity index is 1.50. The summed E-state index contributed by atoms with van der Waals surface area (Å²) in [7, 11) is 0. The molecule has 1 N–H and O–H groups in total. The number of benzene rings is 1. The Hall–Kier alpha value is -2.66. The number of hydrogen-bond acceptors (Lipinski definition) is 4. The van der Waals surface area contributed by atoms with Crippen LogP contribution < -0.4 is 10.2 Å². The van der Waals surface area contributed by atoms with Crippen molar-refractivity contribution in [3.63, 3.8) is 0 Å². The Morgan fingerprint density at radius 1 is 1.24 bits per heavy atom. The Morgan fingerprint density at radius 2 is 2.12 bits per heavy atom. The summed E-state index contributed by atoms with van der Waals surface area (Å²) in [4.78, 5) is 19.6. The van der Waals surface area contributed by atoms with Gasteiger partial charge in [-0.05, 0) is 48.7 Å². The first kappa shape index (κ1) is 15.8. The molecular formula is C20H19N3OS. The third kappa shape index (κ3) is 3.15. The zero-order valence-electron chi connectivity index (χ0n) is 14.0. The molecule has 0 saturated heterocycles. The van der Waals surface area contributed by atoms with Crippen molar-refractivity contribution < 1.29 is 4.79 Å². The van der Waals surface area contributed by atoms with E-state index in [1.54, 1.807) is 12.4 Å². The van der Waals surface area contributed by atoms with Crippen LogP contribution in [0.15, 0.2) is 60.9 Å². The van der Waals surface area contributed by atoms with Crippen molar-refractivity contribution in [3.05, 3.63) is 76.9 Å². The van der Waals surface area contributed by atoms with E-state index in [1.807, 2.05) is 24.3 Å². The summed E-state index contributed by atoms with van der Waals surface area (Å²) >= 11 is 1.54. The van der Waals surface area contributed by atoms with E-state index in [0.717, 1.165) is 21.9 Å². The number of para-hydroxylation sites is 1. The van der Waals surface area contributed by atoms with Crippen molar-refractivity contribution in [1.82, 2.24) is 10.3 Å². The molecule has 1 aliphatic heterocycles. The molecule has 4 rings (SSSR count). The van der Waals surface area contributed by atoms with Crippen LogP contribution in [0.1, 0.15) is 27.7 Å². The minimum Gasteiger partial charge on any atom is -0.347 e. The van der Waals surface area contributed by atoms with Gasteiger partial charge in [-0.3, -0.25) is 9.78 Å². The fourth-order valence-electron chi connectivity index (χ4n) is 3.25. The fraction of sp³-hybridized carbons (Fsp3) is 0.200. The average Bonchev–Trinajstić information content (AvgIpc) is 3.24. The second-order valence-electron chi connectivity index (χ2n) is 6.23. The first-order valence-corrected chi connectivity index (χ1v) is 9.18. The van der Waals surface area contributed by atoms with Gasteiger partial charge in [0.2, 0.25) is 0 Å². The number of nitrogens with one attached hydrogen (secondary N) is 1. The highest BCUT2D eigenvalue weighted by Gasteiger charge is 2.28. The van der Waals surface area contributed by atoms with Gasteiger partial charge in [0.15, 0.2) is 0 Å². The molecule has 126 valence electrons. The molecule has 2 aromatic heterocycles. The highest BCUT2D eigenvalue weighted by atomic mass is 32.1. The number of nitrogens with zero attached hydrogens (tertiary/aromatic N) is 2. The van der Waals surface area contributed by atoms with Crippen molar-refractivity contribution in [2.45, 2.75) is 25.9 Å². The molecule has 0 spiro atoms. The molecule has 0 aliphatic carbocycles. The third-order valence-electron chi connectivity index (χ3n) is 4.44. The number of rotatable bonds is 4. The number of pyridine rings is 1. The van der Waals surface area contributed by atoms with E-state index in [2.05, 4.69) is 46.4 Å². The monoisotopic (exact) mass is 349 g/mol. The summed E-state index contributed by atoms with van der Waals surface area (Å²) in [6.45, 7) is 2.71. The predicted molar refractivity (Wildman–Crippen MR) is 101 cm³/mol. The van der Waals surface area contributed by atoms with E-state index in [0.29, 0.717) is 12.6 Å². The summed E-state index contributed by atoms with van der Waals surface area (Å²) in [5, 5.41) is 4.08. The van der Waals surface area contributed by atoms with E-state index in [1.165, 1.54) is 22.6 Å². The Morgan fingerprint density at radius 3 is 2.96 bits per heavy atom. The van der Waals surface area contributed by atoms with E-state index < -0.39 is 0 Å². The first-order valence-electron chi connectivity index (χ1n) is 8.36. The van der Waals surface area contributed by atoms with Gasteiger partial charge in [-0.2, -0.15) is 0 Å². The number of hydrogen-bond donors (Lipinski definition) is 1. The molecule has 25 heavy (non-hydrogen) atoms. The van der Waals surface area contributed by atoms with Gasteiger partial charge in [0.05, 0.1) is 9.88 Å². The number of carbonyl (C=O) groups is 1. The molecule has 0 saturated carbocycles. The summed E-state index contributed by atoms with van der Waals surface area (Å²) < 4.78 is 0. The van der Waals surface area contributed by atoms with E-state index in [-0.39, 0.29) is 5.91 Å². The first-order chi connectivity index (χ1) is 12.2. The second-order valence-corrected chi connectivity index (χ2v) is 7.30. The maximum Gasteiger partial charge on any atom is 0.261 e. The number of anilines is 2. The lowest BCUT2D eigenvalue weighted by atomic mass is 10.1. The van der Waals surface area contributed by atoms with Gasteiger partial charge < -0.3 is 10.2 Å². The van der Waals surface area contributed by atoms with Gasteiger partial charge in [0, 0.05) is 30.7 Å². The lowest BCUT2D eigenvalue weighted by Gasteiger charge is -2.22. The van der Waals surface area contributed by atoms with Gasteiger partial charge in [-0.15, -0.1) is 11.3 Å². The standard InChI is InChI=1S/C20H19N3OS/c1-14-11-16-6-2-3-7-17(16)23(14)19-9-8-18(25-19)20(24)22-13-15-5-4-10-21-12-15/h2-10,12,14H,11,13H2,1H3,(H,22,24). The molecule has 0 fully saturated rings. The molecule has 0 radical (unpaired) electrons. The van der Waals surface area contributed by atoms with Gasteiger partial charge in [0.25, 0.3) is 5.91 Å². The maximum atomic E-state index is 12.4. The fourth-order valence-corrected chi connectivity index (χ4v) is 4.29. The number of thiophene rings is 1. The van der Waals surface area contributed by atoms with E-state index in [4.69, 9.17) is 0 Å². The Kier molecular flexibility index (Phi) is 4.24. The van der Waals surface area contributed by atoms with Crippen LogP contribution in [0, 0.1) is 0 Å². The van der Waals surface area contributed by atoms with E-state index >= 15 is 0 Å². The lowest BCUT2D eigenvalue weighted by Crippen LogP contribution is -2.23. The number of fused-ring (bicyclic) bond motifs is 1. The van der Waals surface area contributed by atoms with Crippen LogP contribution in [0.25, 0.3) is 0 Å². The van der Waals surface area contributed by atoms with Crippen molar-refractivity contribution in [2.24, 2.45) is 0 Å². The number of aromatic nitrogens is 1. The Bertz CT molecular complexity index is 891. The van der Waals surface area contributed by atoms with Gasteiger partial charge in [-0.25, -0.2) is 0 Å². The largest absolute Gasteiger partial charge is 0.347 e. The maximum absolute atomic E-state index is 12.4. The quantitative estimate of drug-likeness (QED) is 0.769. The molecule has 1 unspecified atom stereocenters. The lowest BCUT2D eigenvalue weighted by molar-refractivity contribution is 0.0955. The SMILES string of the molecule is CC1Cc2ccccc2N1c1ccc(C(=O)NCc2cccnc2)s1. The minimum absolute atomic E-state index is 0.0414. The molecule has 1 aromatic carbocycles. The molecule has 3 aromatic rings. The molecule has 1 aliphatic rings. The highest BCUT2D eigenvalue weighted by Crippen LogP contribution is 2.41. The second kappa shape index (κ2) is 6.69. The zero-order valence-corrected chi connectivity index (χ0v) is 14.8. The molecule has 0 bridgehead atoms. The van der Waals surface area contributed by atoms with Crippen molar-refractivity contribution in [2.75, 3.05) is 4.90 Å². The van der Waals surface area contributed by atoms with Crippen LogP contribution in [0.2, 0.25) is 0 Å². The predicted octanol–water partition coefficient (Wildman–Crippen LogP) is 4.16. The molecule has 1 amide bonds. The van der Waals surface area contributed by atoms with Crippen molar-refractivity contribution >= 4 is 27.9 Å². The van der Waals surface area contributed by atoms with Crippen LogP contribution in [0.4, 0.5) is 10.7 Å². The summed E-state index contributed by atoms with van der Waals surface area (Å²) in [6, 6.07) is 16.7. The summed E-state index contributed by atoms with van der Waals surface area (Å²) in [5.41, 5.74) is 3.61. The van der Waals surface area contributed by atoms with Gasteiger partial charge in [-0.1, -0.05) is 24.3 Å². The van der Waals surface area contributed by atoms with E-state index in [9.17, 15) is 4.79 Å². The average molecular weight is 349 g/mol. The molecule has 3 heterocycles. The molecular weight excluding hydrogens is 330 g/mol. The third-order valence-corrected chi connectivity index (χ3v) is 5.52. The smallest absolute Gasteiger partial charge is 0.261 e. The van der Waals surface area contributed by atoms with Crippen molar-refractivity contribution in [3.8, 4) is 0 Å². The zero-order chi connectivity index (χ0) is 17.2. The van der Waals surface area contributed by atoms with Crippen LogP contribution in [-0.4, -0.2) is 16.9 Å². The molecule has 1 atom stereocenters. The highest BCUT2D eigenvalue weighted by molar-refractivity contribution is 7.18. The Labute approximate surface area is 151 Å². The van der Waals surface area contributed by atoms with Gasteiger partial charge >= 0.3 is 0 Å². The van der Waals surface area contributed by atoms with Crippen LogP contribution in [0.3, 0.4) is 0 Å². The minimum atomic E-state index is -0.0414. The molecule has 5 heteroatoms. The normalized spacial score (nSPS) is 15.9. The van der Waals surface area contributed by atoms with Gasteiger partial charge in [0.1, 0.15) is 0 Å². The summed E-state index contributed by atoms with van der Waals surface area (Å²) in [6.07, 6.45) is 4.53. The van der Waals surface area contributed by atoms with Crippen molar-refractivity contribution in [1.29, 1.82) is 0 Å². The van der Waals surface area contributed by atoms with Crippen LogP contribution in [0.5, 0.6) is 0 Å². The number of carbonyl (C=O) groups excluding carboxylic acids is 1. The van der Waals surface area contributed by atoms with Crippen LogP contribution in [-0.2, 0) is 13.0 Å². The van der Waals surface area contributed by atoms with Crippen LogP contribution >= 0.6 is 11.3 Å². The number of amides is 1. The summed E-state index contributed by atoms with van der Waals surface area (Å²) in [5.74, 6) is -0.0414. The topological polar surface area (TPSA) is 45.2 Å².